The van der Waals surface area contributed by atoms with E-state index >= 15 is 0 Å². The Morgan fingerprint density at radius 1 is 1.55 bits per heavy atom. The van der Waals surface area contributed by atoms with Gasteiger partial charge >= 0.3 is 0 Å². The number of hydrogen-bond donors (Lipinski definition) is 3. The Morgan fingerprint density at radius 3 is 3.05 bits per heavy atom. The summed E-state index contributed by atoms with van der Waals surface area (Å²) in [6.45, 7) is 0.260. The van der Waals surface area contributed by atoms with Crippen LogP contribution in [-0.4, -0.2) is 30.3 Å². The summed E-state index contributed by atoms with van der Waals surface area (Å²) in [4.78, 5) is 35.3. The molecule has 1 aliphatic heterocycles. The third-order valence-corrected chi connectivity index (χ3v) is 3.57. The van der Waals surface area contributed by atoms with Crippen LogP contribution in [0.4, 0.5) is 0 Å². The van der Waals surface area contributed by atoms with Crippen molar-refractivity contribution in [3.05, 3.63) is 21.9 Å². The molecule has 1 fully saturated rings. The van der Waals surface area contributed by atoms with Crippen LogP contribution >= 0.6 is 11.3 Å². The van der Waals surface area contributed by atoms with E-state index in [9.17, 15) is 14.4 Å². The lowest BCUT2D eigenvalue weighted by Gasteiger charge is -2.21. The number of carbonyl (C=O) groups excluding carboxylic acids is 3. The van der Waals surface area contributed by atoms with Gasteiger partial charge in [0.1, 0.15) is 6.04 Å². The van der Waals surface area contributed by atoms with E-state index in [1.54, 1.807) is 11.4 Å². The van der Waals surface area contributed by atoms with Gasteiger partial charge in [-0.25, -0.2) is 0 Å². The van der Waals surface area contributed by atoms with Crippen LogP contribution in [0, 0.1) is 11.8 Å². The van der Waals surface area contributed by atoms with Crippen LogP contribution < -0.4 is 16.4 Å². The van der Waals surface area contributed by atoms with Gasteiger partial charge in [0.05, 0.1) is 17.0 Å². The highest BCUT2D eigenvalue weighted by Crippen LogP contribution is 2.14. The fourth-order valence-electron chi connectivity index (χ4n) is 1.73. The second-order valence-electron chi connectivity index (χ2n) is 4.18. The summed E-state index contributed by atoms with van der Waals surface area (Å²) < 4.78 is 0. The Bertz CT molecular complexity index is 612. The topological polar surface area (TPSA) is 101 Å². The maximum atomic E-state index is 12.0. The first-order valence-corrected chi connectivity index (χ1v) is 6.90. The van der Waals surface area contributed by atoms with Crippen LogP contribution in [0.2, 0.25) is 0 Å². The van der Waals surface area contributed by atoms with Gasteiger partial charge in [-0.1, -0.05) is 11.8 Å². The maximum absolute atomic E-state index is 12.0. The number of hydrogen-bond acceptors (Lipinski definition) is 5. The third-order valence-electron chi connectivity index (χ3n) is 2.72. The number of nitrogens with two attached hydrogens (primary N) is 1. The van der Waals surface area contributed by atoms with Crippen molar-refractivity contribution in [3.63, 3.8) is 0 Å². The zero-order chi connectivity index (χ0) is 14.5. The Hall–Kier alpha value is -2.17. The molecule has 1 saturated heterocycles. The van der Waals surface area contributed by atoms with Crippen LogP contribution in [0.15, 0.2) is 11.4 Å². The van der Waals surface area contributed by atoms with Gasteiger partial charge in [0.25, 0.3) is 5.91 Å². The zero-order valence-corrected chi connectivity index (χ0v) is 11.4. The highest BCUT2D eigenvalue weighted by Gasteiger charge is 2.28. The van der Waals surface area contributed by atoms with Crippen molar-refractivity contribution in [3.8, 4) is 11.8 Å². The molecule has 3 amide bonds. The quantitative estimate of drug-likeness (QED) is 0.509. The summed E-state index contributed by atoms with van der Waals surface area (Å²) in [5, 5.41) is 6.47. The number of amides is 3. The minimum atomic E-state index is -0.668. The average molecular weight is 291 g/mol. The largest absolute Gasteiger partial charge is 0.340 e. The predicted octanol–water partition coefficient (Wildman–Crippen LogP) is -0.407. The number of rotatable bonds is 2. The molecule has 0 bridgehead atoms. The highest BCUT2D eigenvalue weighted by molar-refractivity contribution is 7.10. The van der Waals surface area contributed by atoms with Crippen molar-refractivity contribution in [1.29, 1.82) is 0 Å². The molecule has 1 atom stereocenters. The Labute approximate surface area is 119 Å². The lowest BCUT2D eigenvalue weighted by molar-refractivity contribution is -0.134. The maximum Gasteiger partial charge on any atom is 0.252 e. The van der Waals surface area contributed by atoms with E-state index in [4.69, 9.17) is 5.73 Å². The molecule has 0 aliphatic carbocycles. The van der Waals surface area contributed by atoms with E-state index in [1.807, 2.05) is 0 Å². The molecule has 2 rings (SSSR count). The van der Waals surface area contributed by atoms with Gasteiger partial charge in [-0.2, -0.15) is 0 Å². The molecule has 4 N–H and O–H groups in total. The van der Waals surface area contributed by atoms with E-state index in [-0.39, 0.29) is 24.8 Å². The number of thiophene rings is 1. The van der Waals surface area contributed by atoms with Crippen LogP contribution in [0.25, 0.3) is 0 Å². The zero-order valence-electron chi connectivity index (χ0n) is 10.6. The number of imide groups is 1. The van der Waals surface area contributed by atoms with E-state index < -0.39 is 11.9 Å². The first-order chi connectivity index (χ1) is 9.60. The lowest BCUT2D eigenvalue weighted by atomic mass is 10.1. The van der Waals surface area contributed by atoms with E-state index in [0.717, 1.165) is 4.88 Å². The lowest BCUT2D eigenvalue weighted by Crippen LogP contribution is -2.52. The van der Waals surface area contributed by atoms with Gasteiger partial charge in [0, 0.05) is 11.8 Å². The smallest absolute Gasteiger partial charge is 0.252 e. The molecule has 20 heavy (non-hydrogen) atoms. The summed E-state index contributed by atoms with van der Waals surface area (Å²) in [5.74, 6) is 4.42. The second kappa shape index (κ2) is 6.32. The number of carbonyl (C=O) groups is 3. The molecule has 1 aromatic heterocycles. The van der Waals surface area contributed by atoms with Gasteiger partial charge in [-0.05, 0) is 12.5 Å². The van der Waals surface area contributed by atoms with Crippen molar-refractivity contribution < 1.29 is 14.4 Å². The second-order valence-corrected chi connectivity index (χ2v) is 5.09. The SMILES string of the molecule is NCC#Cc1cc(C(=O)NC2CCC(=O)NC2=O)cs1. The molecule has 0 spiro atoms. The molecule has 104 valence electrons. The van der Waals surface area contributed by atoms with Gasteiger partial charge in [-0.15, -0.1) is 11.3 Å². The summed E-state index contributed by atoms with van der Waals surface area (Å²) in [7, 11) is 0. The van der Waals surface area contributed by atoms with Crippen LogP contribution in [0.3, 0.4) is 0 Å². The first kappa shape index (κ1) is 14.2. The fraction of sp³-hybridized carbons (Fsp3) is 0.308. The molecule has 0 radical (unpaired) electrons. The van der Waals surface area contributed by atoms with Crippen molar-refractivity contribution in [2.45, 2.75) is 18.9 Å². The number of piperidine rings is 1. The van der Waals surface area contributed by atoms with Crippen molar-refractivity contribution >= 4 is 29.1 Å². The number of nitrogens with one attached hydrogen (secondary N) is 2. The van der Waals surface area contributed by atoms with Gasteiger partial charge in [0.2, 0.25) is 11.8 Å². The summed E-state index contributed by atoms with van der Waals surface area (Å²) in [6, 6.07) is 0.979. The minimum absolute atomic E-state index is 0.230. The monoisotopic (exact) mass is 291 g/mol. The van der Waals surface area contributed by atoms with Crippen molar-refractivity contribution in [1.82, 2.24) is 10.6 Å². The van der Waals surface area contributed by atoms with Crippen molar-refractivity contribution in [2.24, 2.45) is 5.73 Å². The summed E-state index contributed by atoms with van der Waals surface area (Å²) in [6.07, 6.45) is 0.550. The van der Waals surface area contributed by atoms with Crippen LogP contribution in [0.1, 0.15) is 28.1 Å². The van der Waals surface area contributed by atoms with Crippen LogP contribution in [0.5, 0.6) is 0 Å². The summed E-state index contributed by atoms with van der Waals surface area (Å²) >= 11 is 1.34. The van der Waals surface area contributed by atoms with E-state index in [0.29, 0.717) is 12.0 Å². The first-order valence-electron chi connectivity index (χ1n) is 6.02. The Morgan fingerprint density at radius 2 is 2.35 bits per heavy atom. The van der Waals surface area contributed by atoms with Crippen molar-refractivity contribution in [2.75, 3.05) is 6.54 Å². The van der Waals surface area contributed by atoms with Gasteiger partial charge < -0.3 is 11.1 Å². The third kappa shape index (κ3) is 3.44. The Balaban J connectivity index is 1.99. The Kier molecular flexibility index (Phi) is 4.50. The van der Waals surface area contributed by atoms with Gasteiger partial charge in [0.15, 0.2) is 0 Å². The molecule has 7 heteroatoms. The minimum Gasteiger partial charge on any atom is -0.340 e. The average Bonchev–Trinajstić information content (AvgIpc) is 2.88. The van der Waals surface area contributed by atoms with E-state index in [1.165, 1.54) is 11.3 Å². The predicted molar refractivity (Wildman–Crippen MR) is 73.9 cm³/mol. The van der Waals surface area contributed by atoms with Crippen LogP contribution in [-0.2, 0) is 9.59 Å². The molecular weight excluding hydrogens is 278 g/mol. The standard InChI is InChI=1S/C13H13N3O3S/c14-5-1-2-9-6-8(7-20-9)12(18)15-10-3-4-11(17)16-13(10)19/h6-7,10H,3-5,14H2,(H,15,18)(H,16,17,19). The fourth-order valence-corrected chi connectivity index (χ4v) is 2.49. The highest BCUT2D eigenvalue weighted by atomic mass is 32.1. The molecule has 1 unspecified atom stereocenters. The van der Waals surface area contributed by atoms with E-state index in [2.05, 4.69) is 22.5 Å². The normalized spacial score (nSPS) is 17.9. The summed E-state index contributed by atoms with van der Waals surface area (Å²) in [5.41, 5.74) is 5.72. The molecule has 1 aliphatic rings. The van der Waals surface area contributed by atoms with Gasteiger partial charge in [-0.3, -0.25) is 19.7 Å². The molecule has 0 saturated carbocycles. The molecule has 0 aromatic carbocycles. The molecule has 1 aromatic rings. The molecule has 6 nitrogen and oxygen atoms in total. The molecular formula is C13H13N3O3S. The molecule has 2 heterocycles.